The van der Waals surface area contributed by atoms with E-state index in [-0.39, 0.29) is 5.82 Å². The van der Waals surface area contributed by atoms with Crippen molar-refractivity contribution in [1.29, 1.82) is 0 Å². The quantitative estimate of drug-likeness (QED) is 0.593. The number of anilines is 1. The van der Waals surface area contributed by atoms with Crippen LogP contribution in [-0.2, 0) is 17.8 Å². The van der Waals surface area contributed by atoms with Crippen LogP contribution in [0.5, 0.6) is 0 Å². The minimum absolute atomic E-state index is 0.318. The first-order chi connectivity index (χ1) is 13.4. The van der Waals surface area contributed by atoms with Crippen LogP contribution >= 0.6 is 0 Å². The van der Waals surface area contributed by atoms with E-state index < -0.39 is 0 Å². The predicted molar refractivity (Wildman–Crippen MR) is 111 cm³/mol. The maximum Gasteiger partial charge on any atom is 0.141 e. The van der Waals surface area contributed by atoms with E-state index in [1.807, 2.05) is 7.05 Å². The minimum Gasteiger partial charge on any atom is -0.369 e. The molecule has 142 valence electrons. The summed E-state index contributed by atoms with van der Waals surface area (Å²) in [4.78, 5) is 18.1. The molecule has 0 saturated carbocycles. The van der Waals surface area contributed by atoms with E-state index in [0.29, 0.717) is 13.0 Å². The second-order valence-corrected chi connectivity index (χ2v) is 7.58. The molecular weight excluding hydrogens is 351 g/mol. The molecule has 0 fully saturated rings. The average Bonchev–Trinajstić information content (AvgIpc) is 2.66. The number of nitrogens with zero attached hydrogens (tertiary/aromatic N) is 2. The number of carbonyl (C=O) groups excluding carboxylic acids is 1. The normalized spacial score (nSPS) is 12.5. The maximum absolute atomic E-state index is 13.8. The Morgan fingerprint density at radius 1 is 1.11 bits per heavy atom. The highest BCUT2D eigenvalue weighted by Gasteiger charge is 2.29. The molecule has 0 amide bonds. The summed E-state index contributed by atoms with van der Waals surface area (Å²) in [7, 11) is 2.01. The Morgan fingerprint density at radius 2 is 1.82 bits per heavy atom. The van der Waals surface area contributed by atoms with Crippen LogP contribution in [0.4, 0.5) is 10.1 Å². The molecular formula is C24H23FN2O. The first-order valence-corrected chi connectivity index (χ1v) is 9.45. The molecule has 0 radical (unpaired) electrons. The van der Waals surface area contributed by atoms with Crippen LogP contribution in [0.3, 0.4) is 0 Å². The third kappa shape index (κ3) is 2.80. The van der Waals surface area contributed by atoms with Gasteiger partial charge in [-0.15, -0.1) is 0 Å². The Labute approximate surface area is 164 Å². The van der Waals surface area contributed by atoms with E-state index in [2.05, 4.69) is 54.9 Å². The van der Waals surface area contributed by atoms with Crippen molar-refractivity contribution in [3.05, 3.63) is 70.2 Å². The second-order valence-electron chi connectivity index (χ2n) is 7.58. The molecule has 1 aliphatic heterocycles. The number of halogens is 1. The van der Waals surface area contributed by atoms with Crippen molar-refractivity contribution in [1.82, 2.24) is 4.98 Å². The summed E-state index contributed by atoms with van der Waals surface area (Å²) in [6.07, 6.45) is 2.62. The number of carbonyl (C=O) groups is 1. The van der Waals surface area contributed by atoms with Crippen molar-refractivity contribution in [2.24, 2.45) is 0 Å². The molecule has 0 saturated heterocycles. The summed E-state index contributed by atoms with van der Waals surface area (Å²) in [6.45, 7) is 6.80. The van der Waals surface area contributed by atoms with E-state index in [1.54, 1.807) is 6.07 Å². The number of pyridine rings is 1. The number of rotatable bonds is 3. The molecule has 0 atom stereocenters. The number of aryl methyl sites for hydroxylation is 1. The molecule has 2 heterocycles. The Bertz CT molecular complexity index is 1090. The molecule has 1 aliphatic rings. The van der Waals surface area contributed by atoms with Crippen molar-refractivity contribution in [2.45, 2.75) is 33.7 Å². The molecule has 0 N–H and O–H groups in total. The third-order valence-corrected chi connectivity index (χ3v) is 5.68. The van der Waals surface area contributed by atoms with Crippen LogP contribution in [0.15, 0.2) is 36.5 Å². The van der Waals surface area contributed by atoms with E-state index in [4.69, 9.17) is 0 Å². The van der Waals surface area contributed by atoms with E-state index >= 15 is 0 Å². The molecule has 28 heavy (non-hydrogen) atoms. The zero-order valence-corrected chi connectivity index (χ0v) is 16.6. The lowest BCUT2D eigenvalue weighted by atomic mass is 9.82. The fourth-order valence-electron chi connectivity index (χ4n) is 4.42. The van der Waals surface area contributed by atoms with Gasteiger partial charge in [-0.2, -0.15) is 0 Å². The van der Waals surface area contributed by atoms with Gasteiger partial charge < -0.3 is 9.69 Å². The van der Waals surface area contributed by atoms with Gasteiger partial charge in [-0.3, -0.25) is 4.98 Å². The lowest BCUT2D eigenvalue weighted by molar-refractivity contribution is -0.107. The molecule has 0 aliphatic carbocycles. The SMILES string of the molecule is Cc1ccc(-c2c(C)c3c(c(C)c2CC=O)N(C)Cc2cc(F)cnc2-3)cc1. The molecule has 1 aromatic heterocycles. The van der Waals surface area contributed by atoms with Gasteiger partial charge in [0.2, 0.25) is 0 Å². The van der Waals surface area contributed by atoms with E-state index in [9.17, 15) is 9.18 Å². The summed E-state index contributed by atoms with van der Waals surface area (Å²) in [5.41, 5.74) is 10.4. The summed E-state index contributed by atoms with van der Waals surface area (Å²) in [5.74, 6) is -0.318. The van der Waals surface area contributed by atoms with Gasteiger partial charge in [0.05, 0.1) is 11.9 Å². The highest BCUT2D eigenvalue weighted by atomic mass is 19.1. The molecule has 4 rings (SSSR count). The lowest BCUT2D eigenvalue weighted by Gasteiger charge is -2.34. The molecule has 0 unspecified atom stereocenters. The summed E-state index contributed by atoms with van der Waals surface area (Å²) in [6, 6.07) is 9.94. The topological polar surface area (TPSA) is 33.2 Å². The van der Waals surface area contributed by atoms with Crippen LogP contribution in [0.2, 0.25) is 0 Å². The number of fused-ring (bicyclic) bond motifs is 3. The third-order valence-electron chi connectivity index (χ3n) is 5.68. The Balaban J connectivity index is 2.10. The van der Waals surface area contributed by atoms with Crippen molar-refractivity contribution in [2.75, 3.05) is 11.9 Å². The molecule has 0 bridgehead atoms. The monoisotopic (exact) mass is 374 g/mol. The first-order valence-electron chi connectivity index (χ1n) is 9.45. The number of hydrogen-bond donors (Lipinski definition) is 0. The van der Waals surface area contributed by atoms with Crippen LogP contribution < -0.4 is 4.90 Å². The zero-order chi connectivity index (χ0) is 20.0. The van der Waals surface area contributed by atoms with Gasteiger partial charge in [-0.05, 0) is 54.7 Å². The van der Waals surface area contributed by atoms with Gasteiger partial charge in [0.25, 0.3) is 0 Å². The van der Waals surface area contributed by atoms with Gasteiger partial charge in [0, 0.05) is 36.8 Å². The predicted octanol–water partition coefficient (Wildman–Crippen LogP) is 5.17. The van der Waals surface area contributed by atoms with Crippen LogP contribution in [0.1, 0.15) is 27.8 Å². The largest absolute Gasteiger partial charge is 0.369 e. The van der Waals surface area contributed by atoms with Crippen molar-refractivity contribution < 1.29 is 9.18 Å². The lowest BCUT2D eigenvalue weighted by Crippen LogP contribution is -2.25. The highest BCUT2D eigenvalue weighted by molar-refractivity contribution is 5.94. The number of hydrogen-bond acceptors (Lipinski definition) is 3. The standard InChI is InChI=1S/C24H23FN2O/c1-14-5-7-17(8-6-14)21-16(3)22-23-18(11-19(25)12-26-23)13-27(4)24(22)15(2)20(21)9-10-28/h5-8,10-12H,9,13H2,1-4H3. The highest BCUT2D eigenvalue weighted by Crippen LogP contribution is 2.47. The molecule has 4 heteroatoms. The summed E-state index contributed by atoms with van der Waals surface area (Å²) in [5, 5.41) is 0. The molecule has 3 nitrogen and oxygen atoms in total. The maximum atomic E-state index is 13.8. The molecule has 2 aromatic carbocycles. The number of aldehydes is 1. The Morgan fingerprint density at radius 3 is 2.50 bits per heavy atom. The molecule has 0 spiro atoms. The fourth-order valence-corrected chi connectivity index (χ4v) is 4.42. The van der Waals surface area contributed by atoms with Crippen molar-refractivity contribution in [3.63, 3.8) is 0 Å². The van der Waals surface area contributed by atoms with Crippen LogP contribution in [0, 0.1) is 26.6 Å². The Kier molecular flexibility index (Phi) is 4.50. The smallest absolute Gasteiger partial charge is 0.141 e. The second kappa shape index (κ2) is 6.86. The van der Waals surface area contributed by atoms with Gasteiger partial charge in [0.1, 0.15) is 12.1 Å². The van der Waals surface area contributed by atoms with E-state index in [1.165, 1.54) is 11.8 Å². The van der Waals surface area contributed by atoms with Crippen molar-refractivity contribution >= 4 is 12.0 Å². The Hall–Kier alpha value is -3.01. The summed E-state index contributed by atoms with van der Waals surface area (Å²) >= 11 is 0. The van der Waals surface area contributed by atoms with Gasteiger partial charge >= 0.3 is 0 Å². The fraction of sp³-hybridized carbons (Fsp3) is 0.250. The summed E-state index contributed by atoms with van der Waals surface area (Å²) < 4.78 is 13.8. The van der Waals surface area contributed by atoms with Crippen LogP contribution in [-0.4, -0.2) is 18.3 Å². The van der Waals surface area contributed by atoms with Crippen molar-refractivity contribution in [3.8, 4) is 22.4 Å². The number of aromatic nitrogens is 1. The van der Waals surface area contributed by atoms with Gasteiger partial charge in [-0.25, -0.2) is 4.39 Å². The van der Waals surface area contributed by atoms with E-state index in [0.717, 1.165) is 56.6 Å². The van der Waals surface area contributed by atoms with Crippen LogP contribution in [0.25, 0.3) is 22.4 Å². The molecule has 3 aromatic rings. The van der Waals surface area contributed by atoms with Gasteiger partial charge in [0.15, 0.2) is 0 Å². The zero-order valence-electron chi connectivity index (χ0n) is 16.6. The average molecular weight is 374 g/mol. The van der Waals surface area contributed by atoms with Gasteiger partial charge in [-0.1, -0.05) is 29.8 Å². The minimum atomic E-state index is -0.318. The number of benzene rings is 2. The first kappa shape index (κ1) is 18.4.